The minimum atomic E-state index is -0.101. The third kappa shape index (κ3) is 3.15. The zero-order valence-electron chi connectivity index (χ0n) is 16.8. The Morgan fingerprint density at radius 2 is 1.41 bits per heavy atom. The van der Waals surface area contributed by atoms with Crippen LogP contribution in [0.3, 0.4) is 0 Å². The molecule has 1 amide bonds. The number of hydrogen-bond donors (Lipinski definition) is 1. The Bertz CT molecular complexity index is 694. The molecule has 0 spiro atoms. The second-order valence-electron chi connectivity index (χ2n) is 8.88. The molecule has 0 aliphatic heterocycles. The molecule has 4 saturated carbocycles. The molecule has 1 N–H and O–H groups in total. The maximum absolute atomic E-state index is 13.1. The number of rotatable bonds is 6. The molecule has 4 aliphatic rings. The molecule has 4 aliphatic carbocycles. The van der Waals surface area contributed by atoms with Gasteiger partial charge in [-0.15, -0.1) is 0 Å². The molecule has 5 nitrogen and oxygen atoms in total. The average Bonchev–Trinajstić information content (AvgIpc) is 2.65. The minimum Gasteiger partial charge on any atom is -0.496 e. The van der Waals surface area contributed by atoms with Crippen molar-refractivity contribution < 1.29 is 19.0 Å². The van der Waals surface area contributed by atoms with Crippen LogP contribution in [0, 0.1) is 23.2 Å². The van der Waals surface area contributed by atoms with Crippen LogP contribution in [0.4, 0.5) is 0 Å². The van der Waals surface area contributed by atoms with Crippen molar-refractivity contribution in [1.82, 2.24) is 5.32 Å². The van der Waals surface area contributed by atoms with Crippen LogP contribution in [0.15, 0.2) is 12.1 Å². The minimum absolute atomic E-state index is 0.101. The Labute approximate surface area is 161 Å². The van der Waals surface area contributed by atoms with E-state index in [1.54, 1.807) is 33.5 Å². The van der Waals surface area contributed by atoms with Crippen LogP contribution in [-0.2, 0) is 0 Å². The van der Waals surface area contributed by atoms with Crippen molar-refractivity contribution in [3.05, 3.63) is 17.7 Å². The summed E-state index contributed by atoms with van der Waals surface area (Å²) in [7, 11) is 4.72. The molecule has 5 heteroatoms. The van der Waals surface area contributed by atoms with Gasteiger partial charge in [-0.3, -0.25) is 4.79 Å². The molecule has 1 aromatic rings. The SMILES string of the molecule is COc1cc(OC)c(C(=O)NC(C)C23CC4CC(CC(C4)C2)C3)cc1OC. The summed E-state index contributed by atoms with van der Waals surface area (Å²) in [6.07, 6.45) is 8.02. The Kier molecular flexibility index (Phi) is 4.73. The van der Waals surface area contributed by atoms with Gasteiger partial charge in [0.15, 0.2) is 11.5 Å². The fourth-order valence-corrected chi connectivity index (χ4v) is 6.34. The molecule has 4 fully saturated rings. The van der Waals surface area contributed by atoms with Gasteiger partial charge in [0.2, 0.25) is 0 Å². The van der Waals surface area contributed by atoms with E-state index in [1.807, 2.05) is 0 Å². The van der Waals surface area contributed by atoms with E-state index in [1.165, 1.54) is 38.5 Å². The van der Waals surface area contributed by atoms with Crippen molar-refractivity contribution in [2.75, 3.05) is 21.3 Å². The molecule has 0 heterocycles. The second-order valence-corrected chi connectivity index (χ2v) is 8.88. The van der Waals surface area contributed by atoms with E-state index in [0.717, 1.165) is 17.8 Å². The van der Waals surface area contributed by atoms with Gasteiger partial charge in [0.1, 0.15) is 5.75 Å². The van der Waals surface area contributed by atoms with Crippen LogP contribution >= 0.6 is 0 Å². The molecule has 0 radical (unpaired) electrons. The van der Waals surface area contributed by atoms with Crippen molar-refractivity contribution >= 4 is 5.91 Å². The standard InChI is InChI=1S/C22H31NO4/c1-13(22-10-14-5-15(11-22)7-16(6-14)12-22)23-21(24)17-8-19(26-3)20(27-4)9-18(17)25-2/h8-9,13-16H,5-7,10-12H2,1-4H3,(H,23,24). The summed E-state index contributed by atoms with van der Waals surface area (Å²) in [5.74, 6) is 4.09. The molecule has 0 aromatic heterocycles. The predicted octanol–water partition coefficient (Wildman–Crippen LogP) is 4.05. The first-order valence-electron chi connectivity index (χ1n) is 10.1. The van der Waals surface area contributed by atoms with Crippen LogP contribution in [0.25, 0.3) is 0 Å². The highest BCUT2D eigenvalue weighted by molar-refractivity contribution is 5.98. The molecule has 5 rings (SSSR count). The van der Waals surface area contributed by atoms with Crippen molar-refractivity contribution in [3.63, 3.8) is 0 Å². The fourth-order valence-electron chi connectivity index (χ4n) is 6.34. The van der Waals surface area contributed by atoms with Gasteiger partial charge in [0.05, 0.1) is 26.9 Å². The molecular weight excluding hydrogens is 342 g/mol. The lowest BCUT2D eigenvalue weighted by Crippen LogP contribution is -2.55. The van der Waals surface area contributed by atoms with Crippen molar-refractivity contribution in [1.29, 1.82) is 0 Å². The third-order valence-electron chi connectivity index (χ3n) is 7.30. The van der Waals surface area contributed by atoms with Crippen molar-refractivity contribution in [2.45, 2.75) is 51.5 Å². The van der Waals surface area contributed by atoms with Gasteiger partial charge in [0, 0.05) is 18.2 Å². The molecule has 0 saturated heterocycles. The molecule has 148 valence electrons. The lowest BCUT2D eigenvalue weighted by Gasteiger charge is -2.59. The first-order chi connectivity index (χ1) is 13.0. The Morgan fingerprint density at radius 3 is 1.89 bits per heavy atom. The van der Waals surface area contributed by atoms with Crippen LogP contribution in [0.2, 0.25) is 0 Å². The van der Waals surface area contributed by atoms with Gasteiger partial charge in [0.25, 0.3) is 5.91 Å². The fraction of sp³-hybridized carbons (Fsp3) is 0.682. The van der Waals surface area contributed by atoms with E-state index in [0.29, 0.717) is 22.8 Å². The largest absolute Gasteiger partial charge is 0.496 e. The normalized spacial score (nSPS) is 32.1. The highest BCUT2D eigenvalue weighted by atomic mass is 16.5. The molecule has 1 aromatic carbocycles. The summed E-state index contributed by atoms with van der Waals surface area (Å²) in [5.41, 5.74) is 0.764. The summed E-state index contributed by atoms with van der Waals surface area (Å²) >= 11 is 0. The van der Waals surface area contributed by atoms with Gasteiger partial charge >= 0.3 is 0 Å². The quantitative estimate of drug-likeness (QED) is 0.817. The van der Waals surface area contributed by atoms with Gasteiger partial charge in [-0.1, -0.05) is 0 Å². The monoisotopic (exact) mass is 373 g/mol. The summed E-state index contributed by atoms with van der Waals surface area (Å²) < 4.78 is 16.1. The van der Waals surface area contributed by atoms with E-state index in [2.05, 4.69) is 12.2 Å². The number of methoxy groups -OCH3 is 3. The first kappa shape index (κ1) is 18.5. The molecular formula is C22H31NO4. The van der Waals surface area contributed by atoms with Crippen LogP contribution in [-0.4, -0.2) is 33.3 Å². The van der Waals surface area contributed by atoms with Crippen molar-refractivity contribution in [3.8, 4) is 17.2 Å². The number of nitrogens with one attached hydrogen (secondary N) is 1. The highest BCUT2D eigenvalue weighted by Gasteiger charge is 2.53. The maximum atomic E-state index is 13.1. The zero-order chi connectivity index (χ0) is 19.2. The Balaban J connectivity index is 1.55. The van der Waals surface area contributed by atoms with Gasteiger partial charge in [-0.2, -0.15) is 0 Å². The molecule has 27 heavy (non-hydrogen) atoms. The van der Waals surface area contributed by atoms with Crippen LogP contribution in [0.5, 0.6) is 17.2 Å². The maximum Gasteiger partial charge on any atom is 0.255 e. The van der Waals surface area contributed by atoms with E-state index < -0.39 is 0 Å². The number of hydrogen-bond acceptors (Lipinski definition) is 4. The number of carbonyl (C=O) groups is 1. The van der Waals surface area contributed by atoms with Gasteiger partial charge in [-0.25, -0.2) is 0 Å². The molecule has 4 bridgehead atoms. The van der Waals surface area contributed by atoms with E-state index in [-0.39, 0.29) is 17.4 Å². The van der Waals surface area contributed by atoms with Gasteiger partial charge < -0.3 is 19.5 Å². The van der Waals surface area contributed by atoms with E-state index in [4.69, 9.17) is 14.2 Å². The summed E-state index contributed by atoms with van der Waals surface area (Å²) in [6.45, 7) is 2.19. The first-order valence-corrected chi connectivity index (χ1v) is 10.1. The molecule has 1 atom stereocenters. The molecule has 1 unspecified atom stereocenters. The third-order valence-corrected chi connectivity index (χ3v) is 7.30. The number of amides is 1. The topological polar surface area (TPSA) is 56.8 Å². The van der Waals surface area contributed by atoms with Gasteiger partial charge in [-0.05, 0) is 68.6 Å². The Morgan fingerprint density at radius 1 is 0.926 bits per heavy atom. The lowest BCUT2D eigenvalue weighted by molar-refractivity contribution is -0.0688. The number of benzene rings is 1. The zero-order valence-corrected chi connectivity index (χ0v) is 16.8. The van der Waals surface area contributed by atoms with Crippen molar-refractivity contribution in [2.24, 2.45) is 23.2 Å². The van der Waals surface area contributed by atoms with Crippen LogP contribution < -0.4 is 19.5 Å². The van der Waals surface area contributed by atoms with E-state index >= 15 is 0 Å². The summed E-state index contributed by atoms with van der Waals surface area (Å²) in [5, 5.41) is 3.30. The Hall–Kier alpha value is -1.91. The smallest absolute Gasteiger partial charge is 0.255 e. The van der Waals surface area contributed by atoms with Crippen LogP contribution in [0.1, 0.15) is 55.8 Å². The predicted molar refractivity (Wildman–Crippen MR) is 104 cm³/mol. The summed E-state index contributed by atoms with van der Waals surface area (Å²) in [4.78, 5) is 13.1. The van der Waals surface area contributed by atoms with E-state index in [9.17, 15) is 4.79 Å². The summed E-state index contributed by atoms with van der Waals surface area (Å²) in [6, 6.07) is 3.58. The number of ether oxygens (including phenoxy) is 3. The average molecular weight is 373 g/mol. The highest BCUT2D eigenvalue weighted by Crippen LogP contribution is 2.61. The second kappa shape index (κ2) is 6.92. The lowest BCUT2D eigenvalue weighted by atomic mass is 9.48. The number of carbonyl (C=O) groups excluding carboxylic acids is 1.